The number of hydrogen-bond acceptors (Lipinski definition) is 8. The van der Waals surface area contributed by atoms with Gasteiger partial charge in [-0.1, -0.05) is 36.4 Å². The minimum atomic E-state index is -5.27. The van der Waals surface area contributed by atoms with Crippen molar-refractivity contribution in [3.8, 4) is 11.3 Å². The number of esters is 2. The third-order valence-electron chi connectivity index (χ3n) is 6.68. The largest absolute Gasteiger partial charge is 0.491 e. The van der Waals surface area contributed by atoms with Crippen molar-refractivity contribution in [3.63, 3.8) is 0 Å². The lowest BCUT2D eigenvalue weighted by atomic mass is 10.1. The first kappa shape index (κ1) is 27.1. The highest BCUT2D eigenvalue weighted by Gasteiger charge is 2.42. The Morgan fingerprint density at radius 2 is 1.64 bits per heavy atom. The van der Waals surface area contributed by atoms with Crippen LogP contribution in [0.1, 0.15) is 21.7 Å². The van der Waals surface area contributed by atoms with E-state index in [2.05, 4.69) is 19.6 Å². The summed E-state index contributed by atoms with van der Waals surface area (Å²) in [6.45, 7) is 2.42. The number of anilines is 1. The number of aromatic nitrogens is 4. The molecule has 0 atom stereocenters. The summed E-state index contributed by atoms with van der Waals surface area (Å²) < 4.78 is 48.7. The van der Waals surface area contributed by atoms with E-state index in [0.717, 1.165) is 16.6 Å². The second-order valence-corrected chi connectivity index (χ2v) is 9.44. The molecule has 212 valence electrons. The molecule has 0 radical (unpaired) electrons. The van der Waals surface area contributed by atoms with E-state index in [1.165, 1.54) is 24.3 Å². The summed E-state index contributed by atoms with van der Waals surface area (Å²) in [6, 6.07) is 17.4. The summed E-state index contributed by atoms with van der Waals surface area (Å²) in [5.41, 5.74) is 3.94. The zero-order valence-corrected chi connectivity index (χ0v) is 21.9. The summed E-state index contributed by atoms with van der Waals surface area (Å²) in [7, 11) is 0. The maximum atomic E-state index is 12.5. The van der Waals surface area contributed by atoms with Crippen molar-refractivity contribution in [1.82, 2.24) is 19.4 Å². The first-order valence-electron chi connectivity index (χ1n) is 12.9. The van der Waals surface area contributed by atoms with Crippen molar-refractivity contribution in [1.29, 1.82) is 0 Å². The van der Waals surface area contributed by atoms with Crippen molar-refractivity contribution in [3.05, 3.63) is 90.0 Å². The maximum absolute atomic E-state index is 12.5. The lowest BCUT2D eigenvalue weighted by Gasteiger charge is -2.28. The standard InChI is InChI=1S/C30H22F3N5O4/c31-30(32,33)29(40)42-28(39)21-7-5-20(6-8-21)25-17-34-26(37-13-15-41-16-14-37)27-36-23(18-38(25)27)12-11-22-10-9-19-3-1-2-4-24(19)35-22/h1-12,17-18H,13-16H2/b12-11+. The molecule has 1 fully saturated rings. The van der Waals surface area contributed by atoms with Gasteiger partial charge in [-0.2, -0.15) is 13.2 Å². The Hall–Kier alpha value is -5.10. The van der Waals surface area contributed by atoms with Gasteiger partial charge in [-0.05, 0) is 36.4 Å². The molecule has 2 aromatic carbocycles. The van der Waals surface area contributed by atoms with Gasteiger partial charge in [0, 0.05) is 30.2 Å². The number of hydrogen-bond donors (Lipinski definition) is 0. The van der Waals surface area contributed by atoms with E-state index in [4.69, 9.17) is 9.72 Å². The lowest BCUT2D eigenvalue weighted by molar-refractivity contribution is -0.193. The second kappa shape index (κ2) is 11.1. The third kappa shape index (κ3) is 5.56. The monoisotopic (exact) mass is 573 g/mol. The quantitative estimate of drug-likeness (QED) is 0.209. The molecule has 4 heterocycles. The average Bonchev–Trinajstić information content (AvgIpc) is 3.44. The van der Waals surface area contributed by atoms with Gasteiger partial charge in [0.05, 0.1) is 47.6 Å². The van der Waals surface area contributed by atoms with E-state index in [1.54, 1.807) is 6.20 Å². The van der Waals surface area contributed by atoms with Crippen LogP contribution in [0.15, 0.2) is 73.1 Å². The number of benzene rings is 2. The SMILES string of the molecule is O=C(OC(=O)C(F)(F)F)c1ccc(-c2cnc(N3CCOCC3)c3nc(/C=C/c4ccc5ccccc5n4)cn23)cc1. The van der Waals surface area contributed by atoms with Crippen LogP contribution in [0.3, 0.4) is 0 Å². The predicted molar refractivity (Wildman–Crippen MR) is 149 cm³/mol. The van der Waals surface area contributed by atoms with Crippen LogP contribution < -0.4 is 4.90 Å². The van der Waals surface area contributed by atoms with Gasteiger partial charge in [0.2, 0.25) is 0 Å². The fourth-order valence-electron chi connectivity index (χ4n) is 4.60. The number of ether oxygens (including phenoxy) is 2. The molecule has 0 spiro atoms. The number of alkyl halides is 3. The Bertz CT molecular complexity index is 1830. The molecule has 6 rings (SSSR count). The Morgan fingerprint density at radius 1 is 0.905 bits per heavy atom. The van der Waals surface area contributed by atoms with Gasteiger partial charge in [0.25, 0.3) is 0 Å². The van der Waals surface area contributed by atoms with Crippen LogP contribution in [0.4, 0.5) is 19.0 Å². The lowest BCUT2D eigenvalue weighted by Crippen LogP contribution is -2.37. The molecule has 0 saturated carbocycles. The van der Waals surface area contributed by atoms with Crippen LogP contribution in [-0.4, -0.2) is 63.8 Å². The number of halogens is 3. The molecule has 0 amide bonds. The molecule has 42 heavy (non-hydrogen) atoms. The van der Waals surface area contributed by atoms with Crippen LogP contribution >= 0.6 is 0 Å². The van der Waals surface area contributed by atoms with E-state index in [-0.39, 0.29) is 5.56 Å². The number of morpholine rings is 1. The highest BCUT2D eigenvalue weighted by molar-refractivity contribution is 5.98. The van der Waals surface area contributed by atoms with Crippen molar-refractivity contribution < 1.29 is 32.2 Å². The molecule has 1 aliphatic rings. The first-order chi connectivity index (χ1) is 20.3. The number of carbonyl (C=O) groups excluding carboxylic acids is 2. The maximum Gasteiger partial charge on any atom is 0.491 e. The number of pyridine rings is 1. The average molecular weight is 574 g/mol. The van der Waals surface area contributed by atoms with Crippen molar-refractivity contribution in [2.45, 2.75) is 6.18 Å². The Balaban J connectivity index is 1.34. The summed E-state index contributed by atoms with van der Waals surface area (Å²) in [6.07, 6.45) is 1.97. The molecule has 1 saturated heterocycles. The molecule has 12 heteroatoms. The fourth-order valence-corrected chi connectivity index (χ4v) is 4.60. The second-order valence-electron chi connectivity index (χ2n) is 9.44. The fraction of sp³-hybridized carbons (Fsp3) is 0.167. The number of fused-ring (bicyclic) bond motifs is 2. The zero-order chi connectivity index (χ0) is 29.3. The number of imidazole rings is 1. The van der Waals surface area contributed by atoms with E-state index in [9.17, 15) is 22.8 Å². The van der Waals surface area contributed by atoms with Crippen LogP contribution in [-0.2, 0) is 14.3 Å². The molecule has 1 aliphatic heterocycles. The Labute approximate surface area is 236 Å². The molecule has 0 bridgehead atoms. The smallest absolute Gasteiger partial charge is 0.383 e. The van der Waals surface area contributed by atoms with Crippen molar-refractivity contribution >= 4 is 46.5 Å². The Morgan fingerprint density at radius 3 is 2.40 bits per heavy atom. The van der Waals surface area contributed by atoms with E-state index >= 15 is 0 Å². The van der Waals surface area contributed by atoms with E-state index in [0.29, 0.717) is 54.7 Å². The van der Waals surface area contributed by atoms with Gasteiger partial charge >= 0.3 is 18.1 Å². The molecule has 3 aromatic heterocycles. The van der Waals surface area contributed by atoms with Gasteiger partial charge in [0.15, 0.2) is 11.5 Å². The minimum absolute atomic E-state index is 0.206. The molecule has 0 unspecified atom stereocenters. The number of carbonyl (C=O) groups is 2. The molecule has 5 aromatic rings. The summed E-state index contributed by atoms with van der Waals surface area (Å²) >= 11 is 0. The predicted octanol–water partition coefficient (Wildman–Crippen LogP) is 5.20. The van der Waals surface area contributed by atoms with Crippen LogP contribution in [0.2, 0.25) is 0 Å². The molecule has 0 aliphatic carbocycles. The van der Waals surface area contributed by atoms with Crippen molar-refractivity contribution in [2.24, 2.45) is 0 Å². The molecule has 0 N–H and O–H groups in total. The molecular weight excluding hydrogens is 551 g/mol. The first-order valence-corrected chi connectivity index (χ1v) is 12.9. The Kier molecular flexibility index (Phi) is 7.13. The summed E-state index contributed by atoms with van der Waals surface area (Å²) in [4.78, 5) is 39.4. The third-order valence-corrected chi connectivity index (χ3v) is 6.68. The van der Waals surface area contributed by atoms with E-state index in [1.807, 2.05) is 59.1 Å². The van der Waals surface area contributed by atoms with Gasteiger partial charge < -0.3 is 14.4 Å². The minimum Gasteiger partial charge on any atom is -0.383 e. The van der Waals surface area contributed by atoms with Crippen LogP contribution in [0, 0.1) is 0 Å². The summed E-state index contributed by atoms with van der Waals surface area (Å²) in [5.74, 6) is -3.29. The molecule has 9 nitrogen and oxygen atoms in total. The number of rotatable bonds is 5. The zero-order valence-electron chi connectivity index (χ0n) is 21.9. The van der Waals surface area contributed by atoms with Gasteiger partial charge in [-0.25, -0.2) is 24.5 Å². The van der Waals surface area contributed by atoms with Gasteiger partial charge in [0.1, 0.15) is 0 Å². The van der Waals surface area contributed by atoms with Crippen LogP contribution in [0.25, 0.3) is 40.0 Å². The highest BCUT2D eigenvalue weighted by atomic mass is 19.4. The molecular formula is C30H22F3N5O4. The number of nitrogens with zero attached hydrogens (tertiary/aromatic N) is 5. The topological polar surface area (TPSA) is 98.9 Å². The van der Waals surface area contributed by atoms with Crippen LogP contribution in [0.5, 0.6) is 0 Å². The van der Waals surface area contributed by atoms with Gasteiger partial charge in [-0.15, -0.1) is 0 Å². The van der Waals surface area contributed by atoms with Crippen molar-refractivity contribution in [2.75, 3.05) is 31.2 Å². The van der Waals surface area contributed by atoms with E-state index < -0.39 is 18.1 Å². The number of para-hydroxylation sites is 1. The van der Waals surface area contributed by atoms with Gasteiger partial charge in [-0.3, -0.25) is 4.40 Å². The summed E-state index contributed by atoms with van der Waals surface area (Å²) in [5, 5.41) is 1.04. The highest BCUT2D eigenvalue weighted by Crippen LogP contribution is 2.28. The normalized spacial score (nSPS) is 14.1.